The third-order valence-corrected chi connectivity index (χ3v) is 10.4. The first kappa shape index (κ1) is 47.6. The van der Waals surface area contributed by atoms with E-state index >= 15 is 0 Å². The number of hydrogen-bond acceptors (Lipinski definition) is 10. The number of carbonyl (C=O) groups excluding carboxylic acids is 3. The van der Waals surface area contributed by atoms with Crippen LogP contribution < -0.4 is 31.4 Å². The van der Waals surface area contributed by atoms with Crippen LogP contribution in [0.2, 0.25) is 0 Å². The van der Waals surface area contributed by atoms with Crippen molar-refractivity contribution in [2.75, 3.05) is 51.0 Å². The average molecular weight is 876 g/mol. The number of phenolic OH excluding ortho intramolecular Hbond substituents is 1. The van der Waals surface area contributed by atoms with Gasteiger partial charge < -0.3 is 49.7 Å². The van der Waals surface area contributed by atoms with Crippen molar-refractivity contribution in [2.45, 2.75) is 64.0 Å². The molecule has 0 bridgehead atoms. The lowest BCUT2D eigenvalue weighted by atomic mass is 9.99. The number of ether oxygens (including phenoxy) is 2. The largest absolute Gasteiger partial charge is 0.542 e. The molecule has 1 aliphatic rings. The second kappa shape index (κ2) is 21.6. The summed E-state index contributed by atoms with van der Waals surface area (Å²) in [6.07, 6.45) is -3.47. The van der Waals surface area contributed by atoms with Crippen molar-refractivity contribution in [3.8, 4) is 22.6 Å². The van der Waals surface area contributed by atoms with Gasteiger partial charge in [0.25, 0.3) is 0 Å². The van der Waals surface area contributed by atoms with Crippen molar-refractivity contribution in [1.82, 2.24) is 10.3 Å². The number of fused-ring (bicyclic) bond motifs is 1. The molecule has 336 valence electrons. The summed E-state index contributed by atoms with van der Waals surface area (Å²) in [5.74, 6) is -2.66. The number of aliphatic hydroxyl groups is 1. The lowest BCUT2D eigenvalue weighted by Crippen LogP contribution is -2.48. The number of quaternary nitrogens is 1. The molecule has 0 unspecified atom stereocenters. The number of carboxylic acids is 1. The SMILES string of the molecule is CCOc1cc(CNC[C@H](O)c2ccc(O)c3[nH]c(=O)ccc23)ccc1NC(=O)CCCc1ccc(-c2ccccc2)c(NC(=O)OC2CC[N+](C)(C)CC2)c1.O=C([O-])C(F)(F)F. The fraction of sp³-hybridized carbons (Fsp3) is 0.348. The van der Waals surface area contributed by atoms with Crippen molar-refractivity contribution in [2.24, 2.45) is 0 Å². The van der Waals surface area contributed by atoms with Crippen molar-refractivity contribution in [3.63, 3.8) is 0 Å². The first-order valence-electron chi connectivity index (χ1n) is 20.5. The molecular weight excluding hydrogens is 824 g/mol. The Balaban J connectivity index is 0.000000985. The lowest BCUT2D eigenvalue weighted by Gasteiger charge is -2.36. The van der Waals surface area contributed by atoms with Gasteiger partial charge in [-0.1, -0.05) is 54.6 Å². The van der Waals surface area contributed by atoms with Crippen LogP contribution in [0.4, 0.5) is 29.3 Å². The Morgan fingerprint density at radius 3 is 2.30 bits per heavy atom. The quantitative estimate of drug-likeness (QED) is 0.0661. The van der Waals surface area contributed by atoms with Gasteiger partial charge in [-0.2, -0.15) is 13.2 Å². The zero-order valence-electron chi connectivity index (χ0n) is 35.2. The van der Waals surface area contributed by atoms with Gasteiger partial charge in [0.15, 0.2) is 0 Å². The fourth-order valence-electron chi connectivity index (χ4n) is 7.10. The minimum absolute atomic E-state index is 0.0636. The minimum Gasteiger partial charge on any atom is -0.542 e. The smallest absolute Gasteiger partial charge is 0.430 e. The number of pyridine rings is 1. The number of nitrogens with one attached hydrogen (secondary N) is 4. The number of aromatic nitrogens is 1. The lowest BCUT2D eigenvalue weighted by molar-refractivity contribution is -0.896. The molecule has 6 N–H and O–H groups in total. The number of nitrogens with zero attached hydrogens (tertiary/aromatic N) is 1. The third kappa shape index (κ3) is 14.0. The number of amides is 2. The molecule has 1 fully saturated rings. The number of alkyl halides is 3. The number of piperidine rings is 1. The Morgan fingerprint density at radius 1 is 0.921 bits per heavy atom. The number of H-pyrrole nitrogens is 1. The average Bonchev–Trinajstić information content (AvgIpc) is 3.23. The van der Waals surface area contributed by atoms with Gasteiger partial charge in [-0.15, -0.1) is 0 Å². The molecule has 17 heteroatoms. The molecule has 0 radical (unpaired) electrons. The van der Waals surface area contributed by atoms with Crippen molar-refractivity contribution in [3.05, 3.63) is 118 Å². The zero-order chi connectivity index (χ0) is 45.7. The number of carbonyl (C=O) groups is 3. The van der Waals surface area contributed by atoms with E-state index in [1.165, 1.54) is 12.1 Å². The molecular formula is C46H52F3N5O9. The summed E-state index contributed by atoms with van der Waals surface area (Å²) in [4.78, 5) is 49.3. The summed E-state index contributed by atoms with van der Waals surface area (Å²) in [5.41, 5.74) is 5.54. The first-order valence-corrected chi connectivity index (χ1v) is 20.5. The Bertz CT molecular complexity index is 2420. The van der Waals surface area contributed by atoms with Gasteiger partial charge in [0, 0.05) is 49.4 Å². The molecule has 6 rings (SSSR count). The van der Waals surface area contributed by atoms with Crippen molar-refractivity contribution in [1.29, 1.82) is 0 Å². The number of aromatic hydroxyl groups is 1. The van der Waals surface area contributed by atoms with Crippen LogP contribution in [0.3, 0.4) is 0 Å². The number of likely N-dealkylation sites (tertiary alicyclic amines) is 1. The van der Waals surface area contributed by atoms with Crippen LogP contribution in [0.1, 0.15) is 55.4 Å². The molecule has 63 heavy (non-hydrogen) atoms. The highest BCUT2D eigenvalue weighted by Crippen LogP contribution is 2.32. The number of anilines is 2. The third-order valence-electron chi connectivity index (χ3n) is 10.4. The van der Waals surface area contributed by atoms with Crippen LogP contribution in [-0.4, -0.2) is 90.3 Å². The maximum Gasteiger partial charge on any atom is 0.430 e. The number of rotatable bonds is 15. The summed E-state index contributed by atoms with van der Waals surface area (Å²) in [7, 11) is 4.39. The Labute approximate surface area is 362 Å². The molecule has 1 saturated heterocycles. The van der Waals surface area contributed by atoms with Gasteiger partial charge in [-0.3, -0.25) is 14.9 Å². The number of aromatic amines is 1. The van der Waals surface area contributed by atoms with Crippen LogP contribution in [0, 0.1) is 0 Å². The topological polar surface area (TPSA) is 202 Å². The molecule has 4 aromatic carbocycles. The molecule has 2 heterocycles. The van der Waals surface area contributed by atoms with E-state index in [4.69, 9.17) is 19.4 Å². The molecule has 2 amide bonds. The molecule has 5 aromatic rings. The van der Waals surface area contributed by atoms with Crippen LogP contribution in [0.5, 0.6) is 11.5 Å². The normalized spacial score (nSPS) is 14.2. The number of aliphatic hydroxyl groups excluding tert-OH is 1. The standard InChI is InChI=1S/C44H51N5O7.C2HF3O2/c1-4-55-40-26-30(27-45-28-39(51)34-16-19-38(50)43-35(34)17-20-42(53)48-43)14-18-36(40)46-41(52)12-8-9-29-13-15-33(31-10-6-5-7-11-31)37(25-29)47-44(54)56-32-21-23-49(2,3)24-22-32;3-2(4,5)1(6)7/h5-7,10-11,13-20,25-26,32,39,45,51H,4,8-9,12,21-24,27-28H2,1-3H3,(H3-,46,47,48,50,52,53,54);(H,6,7)/t39-;/m0./s1. The number of aryl methyl sites for hydroxylation is 1. The van der Waals surface area contributed by atoms with Gasteiger partial charge >= 0.3 is 12.3 Å². The fourth-order valence-corrected chi connectivity index (χ4v) is 7.10. The van der Waals surface area contributed by atoms with E-state index in [0.29, 0.717) is 54.1 Å². The highest BCUT2D eigenvalue weighted by atomic mass is 19.4. The summed E-state index contributed by atoms with van der Waals surface area (Å²) >= 11 is 0. The van der Waals surface area contributed by atoms with Crippen molar-refractivity contribution < 1.29 is 56.8 Å². The Hall–Kier alpha value is -6.43. The zero-order valence-corrected chi connectivity index (χ0v) is 35.2. The van der Waals surface area contributed by atoms with E-state index in [2.05, 4.69) is 35.0 Å². The summed E-state index contributed by atoms with van der Waals surface area (Å²) in [5, 5.41) is 39.7. The molecule has 1 atom stereocenters. The van der Waals surface area contributed by atoms with E-state index in [0.717, 1.165) is 52.7 Å². The monoisotopic (exact) mass is 875 g/mol. The summed E-state index contributed by atoms with van der Waals surface area (Å²) in [6, 6.07) is 27.5. The van der Waals surface area contributed by atoms with E-state index in [1.54, 1.807) is 12.1 Å². The van der Waals surface area contributed by atoms with E-state index in [-0.39, 0.29) is 41.8 Å². The highest BCUT2D eigenvalue weighted by molar-refractivity contribution is 5.93. The second-order valence-electron chi connectivity index (χ2n) is 15.7. The predicted octanol–water partition coefficient (Wildman–Crippen LogP) is 6.17. The van der Waals surface area contributed by atoms with E-state index < -0.39 is 24.3 Å². The minimum atomic E-state index is -5.19. The number of phenols is 1. The maximum absolute atomic E-state index is 13.1. The van der Waals surface area contributed by atoms with E-state index in [1.807, 2.05) is 73.7 Å². The van der Waals surface area contributed by atoms with Crippen LogP contribution in [0.25, 0.3) is 22.0 Å². The highest BCUT2D eigenvalue weighted by Gasteiger charge is 2.29. The molecule has 0 aliphatic carbocycles. The predicted molar refractivity (Wildman–Crippen MR) is 230 cm³/mol. The van der Waals surface area contributed by atoms with Gasteiger partial charge in [-0.05, 0) is 72.4 Å². The number of hydrogen-bond donors (Lipinski definition) is 6. The second-order valence-corrected chi connectivity index (χ2v) is 15.7. The maximum atomic E-state index is 13.1. The van der Waals surface area contributed by atoms with Crippen molar-refractivity contribution >= 4 is 40.2 Å². The van der Waals surface area contributed by atoms with Gasteiger partial charge in [0.2, 0.25) is 11.5 Å². The Kier molecular flexibility index (Phi) is 16.3. The van der Waals surface area contributed by atoms with E-state index in [9.17, 15) is 37.8 Å². The van der Waals surface area contributed by atoms with Crippen LogP contribution >= 0.6 is 0 Å². The van der Waals surface area contributed by atoms with Gasteiger partial charge in [0.1, 0.15) is 23.6 Å². The van der Waals surface area contributed by atoms with Crippen LogP contribution in [0.15, 0.2) is 95.8 Å². The molecule has 0 spiro atoms. The molecule has 1 aromatic heterocycles. The van der Waals surface area contributed by atoms with Gasteiger partial charge in [0.05, 0.1) is 56.8 Å². The number of halogens is 3. The van der Waals surface area contributed by atoms with Gasteiger partial charge in [-0.25, -0.2) is 4.79 Å². The summed E-state index contributed by atoms with van der Waals surface area (Å²) < 4.78 is 44.2. The number of carboxylic acid groups (broad SMARTS) is 1. The Morgan fingerprint density at radius 2 is 1.62 bits per heavy atom. The molecule has 1 aliphatic heterocycles. The summed E-state index contributed by atoms with van der Waals surface area (Å²) in [6.45, 7) is 4.86. The van der Waals surface area contributed by atoms with Crippen LogP contribution in [-0.2, 0) is 27.3 Å². The molecule has 0 saturated carbocycles. The first-order chi connectivity index (χ1) is 29.9. The molecule has 14 nitrogen and oxygen atoms in total. The number of benzene rings is 4. The number of aliphatic carboxylic acids is 1.